The second-order valence-electron chi connectivity index (χ2n) is 6.78. The predicted octanol–water partition coefficient (Wildman–Crippen LogP) is 2.11. The molecule has 0 bridgehead atoms. The van der Waals surface area contributed by atoms with Gasteiger partial charge >= 0.3 is 0 Å². The Morgan fingerprint density at radius 3 is 2.96 bits per heavy atom. The first-order valence-corrected chi connectivity index (χ1v) is 8.44. The molecule has 0 radical (unpaired) electrons. The fourth-order valence-corrected chi connectivity index (χ4v) is 3.62. The van der Waals surface area contributed by atoms with Crippen LogP contribution in [0.15, 0.2) is 18.2 Å². The second kappa shape index (κ2) is 6.11. The van der Waals surface area contributed by atoms with Gasteiger partial charge < -0.3 is 15.0 Å². The van der Waals surface area contributed by atoms with Crippen molar-refractivity contribution in [2.24, 2.45) is 13.0 Å². The fourth-order valence-electron chi connectivity index (χ4n) is 3.62. The van der Waals surface area contributed by atoms with Gasteiger partial charge in [0.25, 0.3) is 0 Å². The number of aryl methyl sites for hydroxylation is 2. The molecule has 132 valence electrons. The number of benzene rings is 1. The first kappa shape index (κ1) is 16.0. The van der Waals surface area contributed by atoms with Crippen LogP contribution in [0.5, 0.6) is 0 Å². The van der Waals surface area contributed by atoms with Gasteiger partial charge in [0.05, 0.1) is 17.1 Å². The first-order chi connectivity index (χ1) is 12.0. The van der Waals surface area contributed by atoms with E-state index in [0.29, 0.717) is 18.9 Å². The van der Waals surface area contributed by atoms with Crippen LogP contribution in [-0.2, 0) is 7.05 Å². The molecule has 1 aliphatic carbocycles. The molecule has 1 aliphatic rings. The summed E-state index contributed by atoms with van der Waals surface area (Å²) in [5.41, 5.74) is 1.48. The standard InChI is InChI=1S/C17H21FN6O/c1-9-20-16(23-22-9)10-5-11(15(25)6-10)8-19-17-21-13-4-3-12(18)7-14(13)24(17)2/h3-4,7,10-11,15,25H,5-6,8H2,1-2H3,(H,19,21)(H,20,22,23)/t10-,11+,15+/m0/s1. The number of aromatic nitrogens is 5. The van der Waals surface area contributed by atoms with Crippen molar-refractivity contribution in [3.63, 3.8) is 0 Å². The van der Waals surface area contributed by atoms with Crippen molar-refractivity contribution in [1.82, 2.24) is 24.7 Å². The molecule has 0 aliphatic heterocycles. The van der Waals surface area contributed by atoms with Crippen LogP contribution in [0.25, 0.3) is 11.0 Å². The van der Waals surface area contributed by atoms with Gasteiger partial charge in [-0.1, -0.05) is 0 Å². The molecule has 4 rings (SSSR count). The summed E-state index contributed by atoms with van der Waals surface area (Å²) in [6.07, 6.45) is 1.09. The highest BCUT2D eigenvalue weighted by Gasteiger charge is 2.35. The largest absolute Gasteiger partial charge is 0.393 e. The van der Waals surface area contributed by atoms with E-state index in [1.54, 1.807) is 6.07 Å². The van der Waals surface area contributed by atoms with Crippen LogP contribution in [0.4, 0.5) is 10.3 Å². The van der Waals surface area contributed by atoms with Crippen LogP contribution in [0.2, 0.25) is 0 Å². The van der Waals surface area contributed by atoms with Crippen LogP contribution in [0.3, 0.4) is 0 Å². The van der Waals surface area contributed by atoms with E-state index >= 15 is 0 Å². The Labute approximate surface area is 144 Å². The van der Waals surface area contributed by atoms with E-state index in [-0.39, 0.29) is 17.7 Å². The second-order valence-corrected chi connectivity index (χ2v) is 6.78. The van der Waals surface area contributed by atoms with E-state index in [4.69, 9.17) is 0 Å². The summed E-state index contributed by atoms with van der Waals surface area (Å²) < 4.78 is 15.2. The normalized spacial score (nSPS) is 23.4. The summed E-state index contributed by atoms with van der Waals surface area (Å²) in [6.45, 7) is 2.47. The fraction of sp³-hybridized carbons (Fsp3) is 0.471. The third-order valence-corrected chi connectivity index (χ3v) is 5.00. The Morgan fingerprint density at radius 1 is 1.36 bits per heavy atom. The number of aliphatic hydroxyl groups is 1. The van der Waals surface area contributed by atoms with Crippen LogP contribution in [0, 0.1) is 18.7 Å². The average molecular weight is 344 g/mol. The van der Waals surface area contributed by atoms with E-state index < -0.39 is 6.10 Å². The van der Waals surface area contributed by atoms with Gasteiger partial charge in [0, 0.05) is 25.4 Å². The quantitative estimate of drug-likeness (QED) is 0.674. The van der Waals surface area contributed by atoms with Gasteiger partial charge in [0.2, 0.25) is 5.95 Å². The Kier molecular flexibility index (Phi) is 3.91. The van der Waals surface area contributed by atoms with Crippen molar-refractivity contribution >= 4 is 17.0 Å². The number of H-pyrrole nitrogens is 1. The Hall–Kier alpha value is -2.48. The first-order valence-electron chi connectivity index (χ1n) is 8.44. The van der Waals surface area contributed by atoms with Crippen molar-refractivity contribution in [3.05, 3.63) is 35.7 Å². The number of anilines is 1. The minimum absolute atomic E-state index is 0.0976. The molecule has 1 aromatic carbocycles. The highest BCUT2D eigenvalue weighted by molar-refractivity contribution is 5.78. The van der Waals surface area contributed by atoms with Crippen molar-refractivity contribution in [3.8, 4) is 0 Å². The van der Waals surface area contributed by atoms with E-state index in [1.165, 1.54) is 12.1 Å². The van der Waals surface area contributed by atoms with Crippen molar-refractivity contribution in [2.45, 2.75) is 31.8 Å². The third-order valence-electron chi connectivity index (χ3n) is 5.00. The Balaban J connectivity index is 1.45. The van der Waals surface area contributed by atoms with Crippen molar-refractivity contribution in [2.75, 3.05) is 11.9 Å². The molecule has 3 N–H and O–H groups in total. The summed E-state index contributed by atoms with van der Waals surface area (Å²) in [7, 11) is 1.85. The van der Waals surface area contributed by atoms with E-state index in [2.05, 4.69) is 25.5 Å². The minimum atomic E-state index is -0.400. The molecule has 1 saturated carbocycles. The zero-order chi connectivity index (χ0) is 17.6. The molecule has 7 nitrogen and oxygen atoms in total. The topological polar surface area (TPSA) is 91.7 Å². The molecule has 2 heterocycles. The third kappa shape index (κ3) is 2.97. The number of aliphatic hydroxyl groups excluding tert-OH is 1. The maximum Gasteiger partial charge on any atom is 0.203 e. The van der Waals surface area contributed by atoms with Gasteiger partial charge in [-0.3, -0.25) is 5.10 Å². The highest BCUT2D eigenvalue weighted by Crippen LogP contribution is 2.37. The molecule has 0 unspecified atom stereocenters. The summed E-state index contributed by atoms with van der Waals surface area (Å²) in [5, 5.41) is 20.7. The maximum absolute atomic E-state index is 13.4. The average Bonchev–Trinajstić information content (AvgIpc) is 3.25. The lowest BCUT2D eigenvalue weighted by molar-refractivity contribution is 0.137. The summed E-state index contributed by atoms with van der Waals surface area (Å²) >= 11 is 0. The summed E-state index contributed by atoms with van der Waals surface area (Å²) in [6, 6.07) is 4.55. The van der Waals surface area contributed by atoms with Crippen LogP contribution in [0.1, 0.15) is 30.4 Å². The molecule has 8 heteroatoms. The summed E-state index contributed by atoms with van der Waals surface area (Å²) in [5.74, 6) is 2.22. The number of hydrogen-bond donors (Lipinski definition) is 3. The van der Waals surface area contributed by atoms with Gasteiger partial charge in [0.15, 0.2) is 5.82 Å². The van der Waals surface area contributed by atoms with Gasteiger partial charge in [-0.2, -0.15) is 5.10 Å². The van der Waals surface area contributed by atoms with Gasteiger partial charge in [-0.25, -0.2) is 14.4 Å². The molecular formula is C17H21FN6O. The molecule has 3 aromatic rings. The van der Waals surface area contributed by atoms with E-state index in [9.17, 15) is 9.50 Å². The molecule has 0 saturated heterocycles. The number of nitrogens with zero attached hydrogens (tertiary/aromatic N) is 4. The van der Waals surface area contributed by atoms with Gasteiger partial charge in [-0.05, 0) is 38.0 Å². The number of fused-ring (bicyclic) bond motifs is 1. The van der Waals surface area contributed by atoms with Crippen LogP contribution < -0.4 is 5.32 Å². The monoisotopic (exact) mass is 344 g/mol. The molecule has 0 spiro atoms. The number of imidazole rings is 1. The number of nitrogens with one attached hydrogen (secondary N) is 2. The molecule has 0 amide bonds. The molecule has 3 atom stereocenters. The number of rotatable bonds is 4. The minimum Gasteiger partial charge on any atom is -0.393 e. The maximum atomic E-state index is 13.4. The Morgan fingerprint density at radius 2 is 2.20 bits per heavy atom. The zero-order valence-corrected chi connectivity index (χ0v) is 14.2. The smallest absolute Gasteiger partial charge is 0.203 e. The molecule has 2 aromatic heterocycles. The highest BCUT2D eigenvalue weighted by atomic mass is 19.1. The molecule has 25 heavy (non-hydrogen) atoms. The number of halogens is 1. The SMILES string of the molecule is Cc1nc([C@H]2C[C@H](CNc3nc4ccc(F)cc4n3C)[C@H](O)C2)n[nH]1. The summed E-state index contributed by atoms with van der Waals surface area (Å²) in [4.78, 5) is 8.87. The Bertz CT molecular complexity index is 904. The van der Waals surface area contributed by atoms with Crippen molar-refractivity contribution in [1.29, 1.82) is 0 Å². The van der Waals surface area contributed by atoms with Crippen LogP contribution >= 0.6 is 0 Å². The van der Waals surface area contributed by atoms with Gasteiger partial charge in [-0.15, -0.1) is 0 Å². The lowest BCUT2D eigenvalue weighted by Gasteiger charge is -2.15. The predicted molar refractivity (Wildman–Crippen MR) is 91.8 cm³/mol. The lowest BCUT2D eigenvalue weighted by atomic mass is 10.0. The van der Waals surface area contributed by atoms with E-state index in [0.717, 1.165) is 29.1 Å². The van der Waals surface area contributed by atoms with E-state index in [1.807, 2.05) is 18.5 Å². The van der Waals surface area contributed by atoms with Crippen LogP contribution in [-0.4, -0.2) is 42.5 Å². The van der Waals surface area contributed by atoms with Gasteiger partial charge in [0.1, 0.15) is 11.6 Å². The lowest BCUT2D eigenvalue weighted by Crippen LogP contribution is -2.23. The molecular weight excluding hydrogens is 323 g/mol. The van der Waals surface area contributed by atoms with Crippen molar-refractivity contribution < 1.29 is 9.50 Å². The number of aromatic amines is 1. The number of hydrogen-bond acceptors (Lipinski definition) is 5. The molecule has 1 fully saturated rings. The zero-order valence-electron chi connectivity index (χ0n) is 14.2.